The molecule has 0 aliphatic carbocycles. The van der Waals surface area contributed by atoms with Gasteiger partial charge in [-0.15, -0.1) is 0 Å². The molecule has 0 rings (SSSR count). The van der Waals surface area contributed by atoms with Gasteiger partial charge >= 0.3 is 5.97 Å². The van der Waals surface area contributed by atoms with Gasteiger partial charge in [-0.05, 0) is 52.7 Å². The number of esters is 1. The fourth-order valence-corrected chi connectivity index (χ4v) is 3.99. The molecule has 0 bridgehead atoms. The van der Waals surface area contributed by atoms with Gasteiger partial charge in [-0.25, -0.2) is 0 Å². The molecule has 0 heterocycles. The van der Waals surface area contributed by atoms with Crippen molar-refractivity contribution in [1.82, 2.24) is 10.2 Å². The maximum atomic E-state index is 12.3. The third-order valence-corrected chi connectivity index (χ3v) is 6.59. The van der Waals surface area contributed by atoms with E-state index in [-0.39, 0.29) is 22.9 Å². The van der Waals surface area contributed by atoms with Crippen LogP contribution in [-0.4, -0.2) is 63.3 Å². The van der Waals surface area contributed by atoms with Gasteiger partial charge < -0.3 is 24.5 Å². The highest BCUT2D eigenvalue weighted by molar-refractivity contribution is 5.69. The first kappa shape index (κ1) is 33.7. The number of rotatable bonds is 24. The topological polar surface area (TPSA) is 75.7 Å². The van der Waals surface area contributed by atoms with Gasteiger partial charge in [0.15, 0.2) is 0 Å². The Morgan fingerprint density at radius 3 is 1.80 bits per heavy atom. The zero-order valence-corrected chi connectivity index (χ0v) is 23.8. The number of nitrogens with zero attached hydrogens (tertiary/aromatic N) is 1. The number of unbranched alkanes of at least 4 members (excludes halogenated alkanes) is 8. The number of carbonyl (C=O) groups excluding carboxylic acids is 3. The summed E-state index contributed by atoms with van der Waals surface area (Å²) in [7, 11) is 3.93. The van der Waals surface area contributed by atoms with Crippen LogP contribution in [0.3, 0.4) is 0 Å². The molecule has 0 aromatic carbocycles. The van der Waals surface area contributed by atoms with Crippen molar-refractivity contribution in [3.63, 3.8) is 0 Å². The summed E-state index contributed by atoms with van der Waals surface area (Å²) in [6.07, 6.45) is 16.7. The van der Waals surface area contributed by atoms with Crippen molar-refractivity contribution in [3.8, 4) is 0 Å². The second-order valence-electron chi connectivity index (χ2n) is 11.9. The van der Waals surface area contributed by atoms with E-state index in [0.29, 0.717) is 19.5 Å². The largest absolute Gasteiger partial charge is 0.461 e. The van der Waals surface area contributed by atoms with Gasteiger partial charge in [-0.1, -0.05) is 79.1 Å². The van der Waals surface area contributed by atoms with Gasteiger partial charge in [0.05, 0.1) is 6.42 Å². The second kappa shape index (κ2) is 19.9. The lowest BCUT2D eigenvalue weighted by atomic mass is 9.88. The lowest BCUT2D eigenvalue weighted by Crippen LogP contribution is -2.32. The Hall–Kier alpha value is -1.27. The Morgan fingerprint density at radius 2 is 1.29 bits per heavy atom. The van der Waals surface area contributed by atoms with Gasteiger partial charge in [0.25, 0.3) is 0 Å². The molecule has 0 spiro atoms. The van der Waals surface area contributed by atoms with Crippen LogP contribution in [0.25, 0.3) is 0 Å². The van der Waals surface area contributed by atoms with Crippen LogP contribution in [0, 0.1) is 10.8 Å². The number of aldehydes is 2. The molecule has 6 nitrogen and oxygen atoms in total. The Balaban J connectivity index is 4.13. The first-order valence-electron chi connectivity index (χ1n) is 14.0. The third kappa shape index (κ3) is 21.7. The summed E-state index contributed by atoms with van der Waals surface area (Å²) in [5.41, 5.74) is -0.390. The predicted octanol–water partition coefficient (Wildman–Crippen LogP) is 5.96. The van der Waals surface area contributed by atoms with E-state index in [0.717, 1.165) is 83.3 Å². The molecule has 35 heavy (non-hydrogen) atoms. The molecule has 0 radical (unpaired) electrons. The van der Waals surface area contributed by atoms with Crippen LogP contribution in [0.15, 0.2) is 0 Å². The summed E-state index contributed by atoms with van der Waals surface area (Å²) < 4.78 is 5.80. The normalized spacial score (nSPS) is 13.1. The van der Waals surface area contributed by atoms with E-state index < -0.39 is 0 Å². The average molecular weight is 497 g/mol. The Bertz CT molecular complexity index is 525. The van der Waals surface area contributed by atoms with Crippen molar-refractivity contribution >= 4 is 18.5 Å². The smallest absolute Gasteiger partial charge is 0.307 e. The molecule has 0 aromatic heterocycles. The highest BCUT2D eigenvalue weighted by Crippen LogP contribution is 2.22. The molecule has 0 amide bonds. The van der Waals surface area contributed by atoms with Crippen molar-refractivity contribution in [3.05, 3.63) is 0 Å². The second-order valence-corrected chi connectivity index (χ2v) is 11.9. The predicted molar refractivity (Wildman–Crippen MR) is 146 cm³/mol. The lowest BCUT2D eigenvalue weighted by Gasteiger charge is -2.20. The van der Waals surface area contributed by atoms with Crippen LogP contribution in [-0.2, 0) is 19.1 Å². The number of hydrogen-bond acceptors (Lipinski definition) is 6. The molecule has 0 saturated heterocycles. The first-order valence-corrected chi connectivity index (χ1v) is 14.0. The minimum Gasteiger partial charge on any atom is -0.461 e. The third-order valence-electron chi connectivity index (χ3n) is 6.59. The van der Waals surface area contributed by atoms with Crippen molar-refractivity contribution in [2.45, 2.75) is 124 Å². The molecular weight excluding hydrogens is 440 g/mol. The molecule has 0 saturated carbocycles. The maximum absolute atomic E-state index is 12.3. The summed E-state index contributed by atoms with van der Waals surface area (Å²) in [5, 5.41) is 3.49. The summed E-state index contributed by atoms with van der Waals surface area (Å²) >= 11 is 0. The van der Waals surface area contributed by atoms with Crippen LogP contribution < -0.4 is 5.32 Å². The monoisotopic (exact) mass is 496 g/mol. The Morgan fingerprint density at radius 1 is 0.800 bits per heavy atom. The number of nitrogens with one attached hydrogen (secondary N) is 1. The van der Waals surface area contributed by atoms with Crippen molar-refractivity contribution < 1.29 is 19.1 Å². The molecule has 0 aromatic rings. The zero-order valence-electron chi connectivity index (χ0n) is 23.8. The number of carbonyl (C=O) groups is 3. The number of hydrogen-bond donors (Lipinski definition) is 1. The molecule has 1 unspecified atom stereocenters. The SMILES string of the molecule is CN(C)CCC(=O)OC(CCCCCCCCC(C)(C)C=O)CNCCCCCCC(C)(C)C=O. The van der Waals surface area contributed by atoms with Crippen LogP contribution in [0.5, 0.6) is 0 Å². The first-order chi connectivity index (χ1) is 16.5. The quantitative estimate of drug-likeness (QED) is 0.101. The highest BCUT2D eigenvalue weighted by atomic mass is 16.5. The number of ether oxygens (including phenoxy) is 1. The van der Waals surface area contributed by atoms with Gasteiger partial charge in [-0.3, -0.25) is 4.79 Å². The summed E-state index contributed by atoms with van der Waals surface area (Å²) in [5.74, 6) is -0.110. The Labute approximate surface area is 216 Å². The van der Waals surface area contributed by atoms with E-state index in [1.165, 1.54) is 19.3 Å². The van der Waals surface area contributed by atoms with E-state index in [1.54, 1.807) is 0 Å². The van der Waals surface area contributed by atoms with E-state index in [9.17, 15) is 14.4 Å². The van der Waals surface area contributed by atoms with Gasteiger partial charge in [0, 0.05) is 23.9 Å². The maximum Gasteiger partial charge on any atom is 0.307 e. The zero-order chi connectivity index (χ0) is 26.6. The van der Waals surface area contributed by atoms with E-state index >= 15 is 0 Å². The highest BCUT2D eigenvalue weighted by Gasteiger charge is 2.17. The van der Waals surface area contributed by atoms with Crippen molar-refractivity contribution in [1.29, 1.82) is 0 Å². The fraction of sp³-hybridized carbons (Fsp3) is 0.897. The molecular formula is C29H56N2O4. The molecule has 1 atom stereocenters. The van der Waals surface area contributed by atoms with Gasteiger partial charge in [0.1, 0.15) is 18.7 Å². The van der Waals surface area contributed by atoms with Crippen LogP contribution >= 0.6 is 0 Å². The van der Waals surface area contributed by atoms with E-state index in [2.05, 4.69) is 5.32 Å². The standard InChI is InChI=1S/C29H56N2O4/c1-28(2,24-32)19-14-10-8-7-9-13-17-26(35-27(34)18-22-31(5)6)23-30-21-16-12-11-15-20-29(3,4)25-33/h24-26,30H,7-23H2,1-6H3. The van der Waals surface area contributed by atoms with E-state index in [4.69, 9.17) is 4.74 Å². The molecule has 206 valence electrons. The summed E-state index contributed by atoms with van der Waals surface area (Å²) in [4.78, 5) is 36.2. The molecule has 6 heteroatoms. The molecule has 0 aliphatic heterocycles. The Kier molecular flexibility index (Phi) is 19.1. The molecule has 0 aliphatic rings. The fourth-order valence-electron chi connectivity index (χ4n) is 3.99. The summed E-state index contributed by atoms with van der Waals surface area (Å²) in [6, 6.07) is 0. The van der Waals surface area contributed by atoms with Crippen LogP contribution in [0.4, 0.5) is 0 Å². The van der Waals surface area contributed by atoms with E-state index in [1.807, 2.05) is 46.7 Å². The lowest BCUT2D eigenvalue weighted by molar-refractivity contribution is -0.149. The minimum absolute atomic E-state index is 0.0635. The minimum atomic E-state index is -0.199. The average Bonchev–Trinajstić information content (AvgIpc) is 2.80. The summed E-state index contributed by atoms with van der Waals surface area (Å²) in [6.45, 7) is 10.4. The molecule has 1 N–H and O–H groups in total. The van der Waals surface area contributed by atoms with Gasteiger partial charge in [0.2, 0.25) is 0 Å². The van der Waals surface area contributed by atoms with Crippen LogP contribution in [0.1, 0.15) is 118 Å². The van der Waals surface area contributed by atoms with Crippen LogP contribution in [0.2, 0.25) is 0 Å². The van der Waals surface area contributed by atoms with Crippen molar-refractivity contribution in [2.24, 2.45) is 10.8 Å². The van der Waals surface area contributed by atoms with Gasteiger partial charge in [-0.2, -0.15) is 0 Å². The van der Waals surface area contributed by atoms with Crippen molar-refractivity contribution in [2.75, 3.05) is 33.7 Å². The molecule has 0 fully saturated rings.